The summed E-state index contributed by atoms with van der Waals surface area (Å²) < 4.78 is 45.7. The summed E-state index contributed by atoms with van der Waals surface area (Å²) >= 11 is 5.74. The van der Waals surface area contributed by atoms with Gasteiger partial charge in [-0.1, -0.05) is 11.6 Å². The second kappa shape index (κ2) is 6.05. The quantitative estimate of drug-likeness (QED) is 0.883. The first-order valence-electron chi connectivity index (χ1n) is 6.05. The van der Waals surface area contributed by atoms with Crippen molar-refractivity contribution in [1.29, 1.82) is 0 Å². The van der Waals surface area contributed by atoms with E-state index in [0.29, 0.717) is 12.3 Å². The molecule has 21 heavy (non-hydrogen) atoms. The van der Waals surface area contributed by atoms with Crippen molar-refractivity contribution >= 4 is 27.3 Å². The Hall–Kier alpha value is -1.57. The van der Waals surface area contributed by atoms with Crippen molar-refractivity contribution in [1.82, 2.24) is 5.32 Å². The third kappa shape index (κ3) is 3.55. The van der Waals surface area contributed by atoms with Gasteiger partial charge in [0.05, 0.1) is 12.2 Å². The Balaban J connectivity index is 2.36. The lowest BCUT2D eigenvalue weighted by atomic mass is 10.3. The molecule has 2 N–H and O–H groups in total. The number of rotatable bonds is 5. The largest absolute Gasteiger partial charge is 0.464 e. The molecule has 0 saturated carbocycles. The van der Waals surface area contributed by atoms with Crippen LogP contribution in [0.2, 0.25) is 5.02 Å². The van der Waals surface area contributed by atoms with Crippen LogP contribution in [0.15, 0.2) is 33.6 Å². The third-order valence-electron chi connectivity index (χ3n) is 2.74. The van der Waals surface area contributed by atoms with Gasteiger partial charge >= 0.3 is 0 Å². The lowest BCUT2D eigenvalue weighted by molar-refractivity contribution is 0.466. The predicted octanol–water partition coefficient (Wildman–Crippen LogP) is 2.90. The highest BCUT2D eigenvalue weighted by Crippen LogP contribution is 2.26. The number of hydrogen-bond donors (Lipinski definition) is 2. The minimum absolute atomic E-state index is 0.0351. The zero-order valence-corrected chi connectivity index (χ0v) is 13.0. The monoisotopic (exact) mass is 332 g/mol. The molecule has 1 aromatic heterocycles. The molecule has 0 radical (unpaired) electrons. The summed E-state index contributed by atoms with van der Waals surface area (Å²) in [7, 11) is -2.24. The summed E-state index contributed by atoms with van der Waals surface area (Å²) in [6.07, 6.45) is 0. The highest BCUT2D eigenvalue weighted by molar-refractivity contribution is 7.92. The van der Waals surface area contributed by atoms with Gasteiger partial charge in [-0.15, -0.1) is 0 Å². The topological polar surface area (TPSA) is 71.3 Å². The molecule has 0 unspecified atom stereocenters. The maximum absolute atomic E-state index is 13.6. The normalized spacial score (nSPS) is 11.6. The van der Waals surface area contributed by atoms with Crippen LogP contribution in [0.5, 0.6) is 0 Å². The van der Waals surface area contributed by atoms with E-state index in [4.69, 9.17) is 16.0 Å². The molecule has 5 nitrogen and oxygen atoms in total. The van der Waals surface area contributed by atoms with Gasteiger partial charge in [0, 0.05) is 11.1 Å². The van der Waals surface area contributed by atoms with Crippen molar-refractivity contribution in [2.75, 3.05) is 11.8 Å². The molecule has 0 aliphatic rings. The standard InChI is InChI=1S/C13H14ClFN2O3S/c1-8-13(6-10(20-8)7-16-2)21(18,19)17-12-5-9(14)3-4-11(12)15/h3-6,16-17H,7H2,1-2H3. The highest BCUT2D eigenvalue weighted by Gasteiger charge is 2.22. The fraction of sp³-hybridized carbons (Fsp3) is 0.231. The molecule has 114 valence electrons. The van der Waals surface area contributed by atoms with Crippen molar-refractivity contribution < 1.29 is 17.2 Å². The van der Waals surface area contributed by atoms with Gasteiger partial charge in [-0.3, -0.25) is 4.72 Å². The van der Waals surface area contributed by atoms with Crippen LogP contribution in [-0.4, -0.2) is 15.5 Å². The van der Waals surface area contributed by atoms with Gasteiger partial charge < -0.3 is 9.73 Å². The van der Waals surface area contributed by atoms with Crippen LogP contribution in [0.1, 0.15) is 11.5 Å². The summed E-state index contributed by atoms with van der Waals surface area (Å²) in [5.74, 6) is -0.00306. The van der Waals surface area contributed by atoms with Crippen molar-refractivity contribution in [3.05, 3.63) is 46.6 Å². The van der Waals surface area contributed by atoms with Crippen LogP contribution >= 0.6 is 11.6 Å². The number of sulfonamides is 1. The summed E-state index contributed by atoms with van der Waals surface area (Å²) in [4.78, 5) is -0.0351. The predicted molar refractivity (Wildman–Crippen MR) is 78.4 cm³/mol. The van der Waals surface area contributed by atoms with Crippen LogP contribution in [-0.2, 0) is 16.6 Å². The SMILES string of the molecule is CNCc1cc(S(=O)(=O)Nc2cc(Cl)ccc2F)c(C)o1. The number of anilines is 1. The van der Waals surface area contributed by atoms with Crippen LogP contribution in [0, 0.1) is 12.7 Å². The molecule has 8 heteroatoms. The molecule has 1 heterocycles. The number of hydrogen-bond acceptors (Lipinski definition) is 4. The average Bonchev–Trinajstić information content (AvgIpc) is 2.76. The Morgan fingerprint density at radius 1 is 1.33 bits per heavy atom. The van der Waals surface area contributed by atoms with Crippen molar-refractivity contribution in [2.24, 2.45) is 0 Å². The van der Waals surface area contributed by atoms with Crippen LogP contribution in [0.25, 0.3) is 0 Å². The Kier molecular flexibility index (Phi) is 4.55. The Morgan fingerprint density at radius 3 is 2.71 bits per heavy atom. The van der Waals surface area contributed by atoms with E-state index >= 15 is 0 Å². The third-order valence-corrected chi connectivity index (χ3v) is 4.44. The molecule has 1 aromatic carbocycles. The molecule has 0 bridgehead atoms. The molecular formula is C13H14ClFN2O3S. The number of benzene rings is 1. The van der Waals surface area contributed by atoms with Gasteiger partial charge in [-0.25, -0.2) is 12.8 Å². The molecular weight excluding hydrogens is 319 g/mol. The van der Waals surface area contributed by atoms with E-state index in [-0.39, 0.29) is 21.4 Å². The van der Waals surface area contributed by atoms with E-state index in [2.05, 4.69) is 10.0 Å². The van der Waals surface area contributed by atoms with E-state index < -0.39 is 15.8 Å². The lowest BCUT2D eigenvalue weighted by Crippen LogP contribution is -2.14. The van der Waals surface area contributed by atoms with E-state index in [9.17, 15) is 12.8 Å². The van der Waals surface area contributed by atoms with E-state index in [1.165, 1.54) is 25.1 Å². The van der Waals surface area contributed by atoms with Crippen molar-refractivity contribution in [2.45, 2.75) is 18.4 Å². The Bertz CT molecular complexity index is 759. The van der Waals surface area contributed by atoms with Crippen molar-refractivity contribution in [3.8, 4) is 0 Å². The van der Waals surface area contributed by atoms with Gasteiger partial charge in [-0.2, -0.15) is 0 Å². The van der Waals surface area contributed by atoms with E-state index in [1.54, 1.807) is 7.05 Å². The molecule has 0 spiro atoms. The molecule has 0 fully saturated rings. The zero-order valence-electron chi connectivity index (χ0n) is 11.4. The molecule has 2 rings (SSSR count). The Morgan fingerprint density at radius 2 is 2.05 bits per heavy atom. The van der Waals surface area contributed by atoms with E-state index in [1.807, 2.05) is 0 Å². The minimum Gasteiger partial charge on any atom is -0.464 e. The summed E-state index contributed by atoms with van der Waals surface area (Å²) in [5.41, 5.74) is -0.210. The summed E-state index contributed by atoms with van der Waals surface area (Å²) in [6.45, 7) is 1.92. The Labute approximate surface area is 127 Å². The highest BCUT2D eigenvalue weighted by atomic mass is 35.5. The minimum atomic E-state index is -3.95. The van der Waals surface area contributed by atoms with Crippen LogP contribution < -0.4 is 10.0 Å². The summed E-state index contributed by atoms with van der Waals surface area (Å²) in [6, 6.07) is 5.03. The number of nitrogens with one attached hydrogen (secondary N) is 2. The molecule has 0 aliphatic carbocycles. The number of furan rings is 1. The first-order chi connectivity index (χ1) is 9.83. The smallest absolute Gasteiger partial charge is 0.265 e. The van der Waals surface area contributed by atoms with Crippen LogP contribution in [0.3, 0.4) is 0 Å². The second-order valence-corrected chi connectivity index (χ2v) is 6.48. The molecule has 0 atom stereocenters. The molecule has 0 amide bonds. The van der Waals surface area contributed by atoms with Gasteiger partial charge in [0.25, 0.3) is 10.0 Å². The van der Waals surface area contributed by atoms with Gasteiger partial charge in [0.15, 0.2) is 0 Å². The maximum Gasteiger partial charge on any atom is 0.265 e. The first kappa shape index (κ1) is 15.8. The number of aryl methyl sites for hydroxylation is 1. The second-order valence-electron chi connectivity index (χ2n) is 4.39. The molecule has 0 saturated heterocycles. The van der Waals surface area contributed by atoms with E-state index in [0.717, 1.165) is 6.07 Å². The zero-order chi connectivity index (χ0) is 15.6. The van der Waals surface area contributed by atoms with Crippen molar-refractivity contribution in [3.63, 3.8) is 0 Å². The first-order valence-corrected chi connectivity index (χ1v) is 7.91. The average molecular weight is 333 g/mol. The summed E-state index contributed by atoms with van der Waals surface area (Å²) in [5, 5.41) is 3.09. The maximum atomic E-state index is 13.6. The fourth-order valence-corrected chi connectivity index (χ4v) is 3.26. The van der Waals surface area contributed by atoms with Gasteiger partial charge in [0.1, 0.15) is 22.2 Å². The molecule has 0 aliphatic heterocycles. The molecule has 2 aromatic rings. The number of halogens is 2. The van der Waals surface area contributed by atoms with Crippen LogP contribution in [0.4, 0.5) is 10.1 Å². The fourth-order valence-electron chi connectivity index (χ4n) is 1.83. The van der Waals surface area contributed by atoms with Gasteiger partial charge in [0.2, 0.25) is 0 Å². The van der Waals surface area contributed by atoms with Gasteiger partial charge in [-0.05, 0) is 32.2 Å². The lowest BCUT2D eigenvalue weighted by Gasteiger charge is -2.08.